The molecule has 0 aromatic heterocycles. The van der Waals surface area contributed by atoms with Crippen molar-refractivity contribution >= 4 is 23.9 Å². The summed E-state index contributed by atoms with van der Waals surface area (Å²) in [6.07, 6.45) is 15.5. The molecule has 0 aromatic rings. The third-order valence-corrected chi connectivity index (χ3v) is 15.0. The SMILES string of the molecule is C.C.C.C.C.C.CCC(C)(C)C(=O)OC1(C)C2CC3CC(C2)CC1C3.CCC(C)(C)C(=O)OC12CC3CC(CC(O)(C3)C1)C2.CCC(C)(C)C(=O)OCC1CCC(=O)O1. The van der Waals surface area contributed by atoms with Crippen molar-refractivity contribution in [2.75, 3.05) is 6.61 Å². The van der Waals surface area contributed by atoms with Gasteiger partial charge in [0.25, 0.3) is 0 Å². The lowest BCUT2D eigenvalue weighted by Crippen LogP contribution is -2.61. The summed E-state index contributed by atoms with van der Waals surface area (Å²) in [6.45, 7) is 20.0. The molecule has 9 fully saturated rings. The predicted octanol–water partition coefficient (Wildman–Crippen LogP) is 12.7. The predicted molar refractivity (Wildman–Crippen MR) is 243 cm³/mol. The summed E-state index contributed by atoms with van der Waals surface area (Å²) in [4.78, 5) is 47.2. The fourth-order valence-electron chi connectivity index (χ4n) is 10.7. The second kappa shape index (κ2) is 21.8. The number of hydrogen-bond donors (Lipinski definition) is 1. The third kappa shape index (κ3) is 13.2. The Morgan fingerprint density at radius 1 is 0.644 bits per heavy atom. The molecule has 8 aliphatic carbocycles. The summed E-state index contributed by atoms with van der Waals surface area (Å²) < 4.78 is 22.2. The number of hydrogen-bond acceptors (Lipinski definition) is 9. The molecule has 350 valence electrons. The molecule has 1 heterocycles. The van der Waals surface area contributed by atoms with Crippen molar-refractivity contribution < 1.29 is 43.2 Å². The minimum Gasteiger partial charge on any atom is -0.461 e. The van der Waals surface area contributed by atoms with Crippen LogP contribution >= 0.6 is 0 Å². The molecule has 3 atom stereocenters. The van der Waals surface area contributed by atoms with Crippen molar-refractivity contribution in [1.82, 2.24) is 0 Å². The summed E-state index contributed by atoms with van der Waals surface area (Å²) in [5, 5.41) is 10.6. The summed E-state index contributed by atoms with van der Waals surface area (Å²) in [6, 6.07) is 0. The molecule has 8 saturated carbocycles. The summed E-state index contributed by atoms with van der Waals surface area (Å²) in [7, 11) is 0. The van der Waals surface area contributed by atoms with Crippen molar-refractivity contribution in [3.05, 3.63) is 0 Å². The number of ether oxygens (including phenoxy) is 4. The molecule has 9 aliphatic rings. The Morgan fingerprint density at radius 3 is 1.44 bits per heavy atom. The van der Waals surface area contributed by atoms with Crippen LogP contribution in [0.1, 0.15) is 217 Å². The fraction of sp³-hybridized carbons (Fsp3) is 0.920. The van der Waals surface area contributed by atoms with Gasteiger partial charge in [0.2, 0.25) is 0 Å². The normalized spacial score (nSPS) is 34.0. The van der Waals surface area contributed by atoms with Gasteiger partial charge >= 0.3 is 23.9 Å². The van der Waals surface area contributed by atoms with Crippen molar-refractivity contribution in [1.29, 1.82) is 0 Å². The summed E-state index contributed by atoms with van der Waals surface area (Å²) >= 11 is 0. The zero-order valence-electron chi connectivity index (χ0n) is 34.8. The van der Waals surface area contributed by atoms with E-state index in [2.05, 4.69) is 13.8 Å². The highest BCUT2D eigenvalue weighted by Gasteiger charge is 2.60. The van der Waals surface area contributed by atoms with Gasteiger partial charge in [0.15, 0.2) is 0 Å². The van der Waals surface area contributed by atoms with Gasteiger partial charge in [-0.2, -0.15) is 0 Å². The molecule has 9 rings (SSSR count). The lowest BCUT2D eigenvalue weighted by atomic mass is 9.50. The van der Waals surface area contributed by atoms with Crippen LogP contribution in [0.5, 0.6) is 0 Å². The molecule has 8 bridgehead atoms. The van der Waals surface area contributed by atoms with Gasteiger partial charge in [0, 0.05) is 12.8 Å². The van der Waals surface area contributed by atoms with Gasteiger partial charge in [0.1, 0.15) is 23.9 Å². The average molecular weight is 841 g/mol. The average Bonchev–Trinajstić information content (AvgIpc) is 3.49. The van der Waals surface area contributed by atoms with Gasteiger partial charge in [-0.25, -0.2) is 0 Å². The Morgan fingerprint density at radius 2 is 1.05 bits per heavy atom. The molecule has 0 amide bonds. The van der Waals surface area contributed by atoms with E-state index in [9.17, 15) is 24.3 Å². The first-order chi connectivity index (χ1) is 24.6. The van der Waals surface area contributed by atoms with E-state index in [1.54, 1.807) is 0 Å². The van der Waals surface area contributed by atoms with E-state index >= 15 is 0 Å². The largest absolute Gasteiger partial charge is 0.461 e. The minimum absolute atomic E-state index is 0. The van der Waals surface area contributed by atoms with Crippen LogP contribution in [0.25, 0.3) is 0 Å². The molecule has 0 aromatic carbocycles. The molecule has 1 N–H and O–H groups in total. The van der Waals surface area contributed by atoms with Crippen LogP contribution in [0.15, 0.2) is 0 Å². The minimum atomic E-state index is -0.555. The molecule has 1 saturated heterocycles. The van der Waals surface area contributed by atoms with Crippen LogP contribution in [-0.2, 0) is 38.1 Å². The first-order valence-electron chi connectivity index (χ1n) is 21.1. The Bertz CT molecular complexity index is 1320. The van der Waals surface area contributed by atoms with E-state index in [1.807, 2.05) is 55.4 Å². The number of carbonyl (C=O) groups excluding carboxylic acids is 4. The van der Waals surface area contributed by atoms with Crippen molar-refractivity contribution in [2.45, 2.75) is 239 Å². The second-order valence-electron chi connectivity index (χ2n) is 20.6. The van der Waals surface area contributed by atoms with E-state index in [1.165, 1.54) is 38.5 Å². The van der Waals surface area contributed by atoms with Crippen molar-refractivity contribution in [2.24, 2.45) is 51.8 Å². The molecule has 0 radical (unpaired) electrons. The Hall–Kier alpha value is -2.16. The molecule has 1 aliphatic heterocycles. The fourth-order valence-corrected chi connectivity index (χ4v) is 10.7. The first kappa shape index (κ1) is 58.9. The second-order valence-corrected chi connectivity index (χ2v) is 20.6. The van der Waals surface area contributed by atoms with Crippen molar-refractivity contribution in [3.8, 4) is 0 Å². The van der Waals surface area contributed by atoms with Crippen molar-refractivity contribution in [3.63, 3.8) is 0 Å². The Labute approximate surface area is 364 Å². The highest BCUT2D eigenvalue weighted by atomic mass is 16.6. The third-order valence-electron chi connectivity index (χ3n) is 15.0. The quantitative estimate of drug-likeness (QED) is 0.169. The standard InChI is InChI=1S/C17H28O2.C16H26O3.C11H18O4.6CH4/c1-5-16(2,3)15(18)19-17(4)13-7-11-6-12(9-13)10-14(17)8-11;1-4-14(2,3)13(17)19-16-8-11-5-12(9-16)7-15(18,6-11)10-16;1-4-11(2,3)10(13)14-7-8-5-6-9(12)15-8;;;;;;/h11-14H,5-10H2,1-4H3;11-12,18H,4-10H2,1-3H3;8H,4-7H2,1-3H3;6*1H4. The number of carbonyl (C=O) groups is 4. The maximum Gasteiger partial charge on any atom is 0.312 e. The number of esters is 4. The number of aliphatic hydroxyl groups is 1. The van der Waals surface area contributed by atoms with E-state index < -0.39 is 16.4 Å². The molecule has 9 heteroatoms. The molecule has 0 spiro atoms. The molecule has 3 unspecified atom stereocenters. The van der Waals surface area contributed by atoms with E-state index in [-0.39, 0.29) is 97.8 Å². The van der Waals surface area contributed by atoms with Crippen LogP contribution < -0.4 is 0 Å². The molecular weight excluding hydrogens is 745 g/mol. The highest BCUT2D eigenvalue weighted by Crippen LogP contribution is 2.60. The lowest BCUT2D eigenvalue weighted by molar-refractivity contribution is -0.225. The number of rotatable bonds is 10. The molecular formula is C50H96O9. The van der Waals surface area contributed by atoms with Gasteiger partial charge < -0.3 is 24.1 Å². The van der Waals surface area contributed by atoms with Crippen LogP contribution in [0, 0.1) is 51.8 Å². The van der Waals surface area contributed by atoms with Crippen LogP contribution in [0.3, 0.4) is 0 Å². The lowest BCUT2D eigenvalue weighted by Gasteiger charge is -2.59. The van der Waals surface area contributed by atoms with E-state index in [0.717, 1.165) is 56.8 Å². The maximum absolute atomic E-state index is 12.5. The Kier molecular flexibility index (Phi) is 21.7. The van der Waals surface area contributed by atoms with Gasteiger partial charge in [-0.1, -0.05) is 65.3 Å². The first-order valence-corrected chi connectivity index (χ1v) is 21.1. The molecule has 59 heavy (non-hydrogen) atoms. The van der Waals surface area contributed by atoms with Crippen LogP contribution in [0.2, 0.25) is 0 Å². The summed E-state index contributed by atoms with van der Waals surface area (Å²) in [5.41, 5.74) is -2.29. The maximum atomic E-state index is 12.5. The smallest absolute Gasteiger partial charge is 0.312 e. The monoisotopic (exact) mass is 841 g/mol. The van der Waals surface area contributed by atoms with E-state index in [0.29, 0.717) is 42.9 Å². The summed E-state index contributed by atoms with van der Waals surface area (Å²) in [5.74, 6) is 3.72. The van der Waals surface area contributed by atoms with E-state index in [4.69, 9.17) is 18.9 Å². The van der Waals surface area contributed by atoms with Crippen LogP contribution in [0.4, 0.5) is 0 Å². The van der Waals surface area contributed by atoms with Gasteiger partial charge in [-0.3, -0.25) is 19.2 Å². The zero-order chi connectivity index (χ0) is 39.2. The van der Waals surface area contributed by atoms with Crippen LogP contribution in [-0.4, -0.2) is 58.5 Å². The van der Waals surface area contributed by atoms with Gasteiger partial charge in [0.05, 0.1) is 21.8 Å². The highest BCUT2D eigenvalue weighted by molar-refractivity contribution is 5.77. The zero-order valence-corrected chi connectivity index (χ0v) is 34.8. The van der Waals surface area contributed by atoms with Gasteiger partial charge in [-0.15, -0.1) is 0 Å². The number of cyclic esters (lactones) is 1. The van der Waals surface area contributed by atoms with Gasteiger partial charge in [-0.05, 0) is 174 Å². The Balaban J connectivity index is 0. The topological polar surface area (TPSA) is 125 Å². The molecule has 9 nitrogen and oxygen atoms in total.